The molecule has 17 heavy (non-hydrogen) atoms. The summed E-state index contributed by atoms with van der Waals surface area (Å²) in [5.41, 5.74) is 4.11. The number of nitrogens with one attached hydrogen (secondary N) is 1. The van der Waals surface area contributed by atoms with Crippen molar-refractivity contribution in [1.29, 1.82) is 0 Å². The summed E-state index contributed by atoms with van der Waals surface area (Å²) < 4.78 is 0. The van der Waals surface area contributed by atoms with Gasteiger partial charge in [0.2, 0.25) is 0 Å². The third kappa shape index (κ3) is 3.41. The zero-order valence-corrected chi connectivity index (χ0v) is 10.7. The lowest BCUT2D eigenvalue weighted by Crippen LogP contribution is -2.39. The average Bonchev–Trinajstić information content (AvgIpc) is 2.28. The van der Waals surface area contributed by atoms with Crippen LogP contribution in [0.2, 0.25) is 0 Å². The van der Waals surface area contributed by atoms with E-state index in [2.05, 4.69) is 35.2 Å². The second-order valence-electron chi connectivity index (χ2n) is 5.64. The molecule has 4 nitrogen and oxygen atoms in total. The number of rotatable bonds is 3. The smallest absolute Gasteiger partial charge is 0.140 e. The molecule has 1 fully saturated rings. The maximum absolute atomic E-state index is 5.37. The van der Waals surface area contributed by atoms with Gasteiger partial charge in [-0.1, -0.05) is 19.9 Å². The number of hydrazine groups is 1. The normalized spacial score (nSPS) is 20.2. The topological polar surface area (TPSA) is 54.2 Å². The van der Waals surface area contributed by atoms with E-state index >= 15 is 0 Å². The molecule has 1 aliphatic heterocycles. The van der Waals surface area contributed by atoms with Crippen LogP contribution in [-0.2, 0) is 6.54 Å². The SMILES string of the molecule is CC1(C)CCCN(Cc2cccc(NN)n2)C1. The second kappa shape index (κ2) is 5.02. The summed E-state index contributed by atoms with van der Waals surface area (Å²) >= 11 is 0. The van der Waals surface area contributed by atoms with Crippen LogP contribution in [0.15, 0.2) is 18.2 Å². The number of piperidine rings is 1. The van der Waals surface area contributed by atoms with E-state index in [0.717, 1.165) is 24.6 Å². The summed E-state index contributed by atoms with van der Waals surface area (Å²) in [6, 6.07) is 5.93. The Balaban J connectivity index is 2.00. The number of nitrogen functional groups attached to an aromatic ring is 1. The molecule has 0 atom stereocenters. The fourth-order valence-electron chi connectivity index (χ4n) is 2.56. The molecule has 0 amide bonds. The molecule has 94 valence electrons. The van der Waals surface area contributed by atoms with Gasteiger partial charge in [0.15, 0.2) is 0 Å². The molecule has 2 rings (SSSR count). The summed E-state index contributed by atoms with van der Waals surface area (Å²) in [7, 11) is 0. The van der Waals surface area contributed by atoms with Crippen LogP contribution < -0.4 is 11.3 Å². The standard InChI is InChI=1S/C13H22N4/c1-13(2)7-4-8-17(10-13)9-11-5-3-6-12(15-11)16-14/h3,5-6H,4,7-10,14H2,1-2H3,(H,15,16). The third-order valence-corrected chi connectivity index (χ3v) is 3.32. The number of aromatic nitrogens is 1. The molecule has 0 unspecified atom stereocenters. The summed E-state index contributed by atoms with van der Waals surface area (Å²) in [6.07, 6.45) is 2.60. The van der Waals surface area contributed by atoms with Crippen molar-refractivity contribution in [2.75, 3.05) is 18.5 Å². The van der Waals surface area contributed by atoms with Crippen LogP contribution in [-0.4, -0.2) is 23.0 Å². The van der Waals surface area contributed by atoms with Crippen molar-refractivity contribution in [2.24, 2.45) is 11.3 Å². The maximum atomic E-state index is 5.37. The zero-order chi connectivity index (χ0) is 12.3. The van der Waals surface area contributed by atoms with Gasteiger partial charge in [0.05, 0.1) is 5.69 Å². The van der Waals surface area contributed by atoms with Gasteiger partial charge in [-0.3, -0.25) is 4.90 Å². The lowest BCUT2D eigenvalue weighted by Gasteiger charge is -2.37. The van der Waals surface area contributed by atoms with Crippen molar-refractivity contribution in [3.05, 3.63) is 23.9 Å². The highest BCUT2D eigenvalue weighted by Crippen LogP contribution is 2.29. The van der Waals surface area contributed by atoms with Crippen LogP contribution in [0.1, 0.15) is 32.4 Å². The number of hydrogen-bond acceptors (Lipinski definition) is 4. The first-order valence-electron chi connectivity index (χ1n) is 6.24. The highest BCUT2D eigenvalue weighted by Gasteiger charge is 2.26. The minimum absolute atomic E-state index is 0.433. The molecular formula is C13H22N4. The monoisotopic (exact) mass is 234 g/mol. The second-order valence-corrected chi connectivity index (χ2v) is 5.64. The van der Waals surface area contributed by atoms with Crippen LogP contribution in [0.25, 0.3) is 0 Å². The molecule has 0 saturated carbocycles. The Morgan fingerprint density at radius 3 is 3.00 bits per heavy atom. The predicted molar refractivity (Wildman–Crippen MR) is 70.3 cm³/mol. The Kier molecular flexibility index (Phi) is 3.64. The van der Waals surface area contributed by atoms with Crippen molar-refractivity contribution in [1.82, 2.24) is 9.88 Å². The molecule has 2 heterocycles. The number of likely N-dealkylation sites (tertiary alicyclic amines) is 1. The molecule has 0 radical (unpaired) electrons. The Morgan fingerprint density at radius 1 is 1.47 bits per heavy atom. The zero-order valence-electron chi connectivity index (χ0n) is 10.7. The van der Waals surface area contributed by atoms with Crippen molar-refractivity contribution in [3.8, 4) is 0 Å². The quantitative estimate of drug-likeness (QED) is 0.620. The molecule has 0 aromatic carbocycles. The fraction of sp³-hybridized carbons (Fsp3) is 0.615. The van der Waals surface area contributed by atoms with Gasteiger partial charge in [0.25, 0.3) is 0 Å². The van der Waals surface area contributed by atoms with Gasteiger partial charge in [0, 0.05) is 13.1 Å². The molecule has 4 heteroatoms. The van der Waals surface area contributed by atoms with E-state index in [1.165, 1.54) is 19.4 Å². The van der Waals surface area contributed by atoms with E-state index in [9.17, 15) is 0 Å². The van der Waals surface area contributed by atoms with Crippen LogP contribution in [0.5, 0.6) is 0 Å². The van der Waals surface area contributed by atoms with Gasteiger partial charge >= 0.3 is 0 Å². The average molecular weight is 234 g/mol. The van der Waals surface area contributed by atoms with E-state index in [1.807, 2.05) is 12.1 Å². The number of nitrogens with zero attached hydrogens (tertiary/aromatic N) is 2. The highest BCUT2D eigenvalue weighted by atomic mass is 15.3. The number of hydrogen-bond donors (Lipinski definition) is 2. The third-order valence-electron chi connectivity index (χ3n) is 3.32. The summed E-state index contributed by atoms with van der Waals surface area (Å²) in [4.78, 5) is 6.93. The van der Waals surface area contributed by atoms with Gasteiger partial charge in [-0.15, -0.1) is 0 Å². The van der Waals surface area contributed by atoms with E-state index < -0.39 is 0 Å². The molecule has 1 saturated heterocycles. The van der Waals surface area contributed by atoms with Crippen LogP contribution in [0, 0.1) is 5.41 Å². The van der Waals surface area contributed by atoms with Gasteiger partial charge in [-0.2, -0.15) is 0 Å². The minimum atomic E-state index is 0.433. The fourth-order valence-corrected chi connectivity index (χ4v) is 2.56. The number of anilines is 1. The van der Waals surface area contributed by atoms with E-state index in [0.29, 0.717) is 5.41 Å². The molecule has 1 aromatic rings. The predicted octanol–water partition coefficient (Wildman–Crippen LogP) is 1.99. The summed E-state index contributed by atoms with van der Waals surface area (Å²) in [6.45, 7) is 7.91. The first-order valence-corrected chi connectivity index (χ1v) is 6.24. The highest BCUT2D eigenvalue weighted by molar-refractivity contribution is 5.33. The van der Waals surface area contributed by atoms with Crippen molar-refractivity contribution in [3.63, 3.8) is 0 Å². The van der Waals surface area contributed by atoms with Gasteiger partial charge in [0.1, 0.15) is 5.82 Å². The van der Waals surface area contributed by atoms with Crippen molar-refractivity contribution < 1.29 is 0 Å². The largest absolute Gasteiger partial charge is 0.308 e. The summed E-state index contributed by atoms with van der Waals surface area (Å²) in [5.74, 6) is 6.10. The molecule has 1 aliphatic rings. The first-order chi connectivity index (χ1) is 8.09. The molecule has 3 N–H and O–H groups in total. The van der Waals surface area contributed by atoms with E-state index in [-0.39, 0.29) is 0 Å². The van der Waals surface area contributed by atoms with Crippen molar-refractivity contribution >= 4 is 5.82 Å². The molecular weight excluding hydrogens is 212 g/mol. The number of nitrogens with two attached hydrogens (primary N) is 1. The Hall–Kier alpha value is -1.13. The van der Waals surface area contributed by atoms with E-state index in [4.69, 9.17) is 5.84 Å². The Bertz CT molecular complexity index is 375. The Morgan fingerprint density at radius 2 is 2.29 bits per heavy atom. The van der Waals surface area contributed by atoms with Gasteiger partial charge in [-0.25, -0.2) is 10.8 Å². The van der Waals surface area contributed by atoms with E-state index in [1.54, 1.807) is 0 Å². The lowest BCUT2D eigenvalue weighted by molar-refractivity contribution is 0.110. The molecule has 0 bridgehead atoms. The molecule has 0 spiro atoms. The maximum Gasteiger partial charge on any atom is 0.140 e. The lowest BCUT2D eigenvalue weighted by atomic mass is 9.84. The van der Waals surface area contributed by atoms with Gasteiger partial charge in [-0.05, 0) is 36.9 Å². The van der Waals surface area contributed by atoms with Crippen LogP contribution in [0.3, 0.4) is 0 Å². The Labute approximate surface area is 103 Å². The van der Waals surface area contributed by atoms with Crippen LogP contribution >= 0.6 is 0 Å². The summed E-state index contributed by atoms with van der Waals surface area (Å²) in [5, 5.41) is 0. The van der Waals surface area contributed by atoms with Gasteiger partial charge < -0.3 is 5.43 Å². The molecule has 0 aliphatic carbocycles. The van der Waals surface area contributed by atoms with Crippen LogP contribution in [0.4, 0.5) is 5.82 Å². The minimum Gasteiger partial charge on any atom is -0.308 e. The van der Waals surface area contributed by atoms with Crippen molar-refractivity contribution in [2.45, 2.75) is 33.2 Å². The first kappa shape index (κ1) is 12.3. The number of pyridine rings is 1. The molecule has 1 aromatic heterocycles.